The number of anilines is 1. The maximum Gasteiger partial charge on any atom is 0.329 e. The van der Waals surface area contributed by atoms with E-state index in [2.05, 4.69) is 16.5 Å². The maximum atomic E-state index is 12.1. The molecule has 2 amide bonds. The van der Waals surface area contributed by atoms with Crippen LogP contribution >= 0.6 is 11.3 Å². The minimum Gasteiger partial charge on any atom is -0.308 e. The number of hydrogen-bond donors (Lipinski definition) is 2. The second kappa shape index (κ2) is 8.41. The molecule has 0 radical (unpaired) electrons. The van der Waals surface area contributed by atoms with Gasteiger partial charge in [-0.05, 0) is 37.3 Å². The summed E-state index contributed by atoms with van der Waals surface area (Å²) in [5.41, 5.74) is 3.40. The Morgan fingerprint density at radius 3 is 2.75 bits per heavy atom. The van der Waals surface area contributed by atoms with E-state index >= 15 is 0 Å². The highest BCUT2D eigenvalue weighted by atomic mass is 32.1. The molecule has 1 aromatic carbocycles. The van der Waals surface area contributed by atoms with Crippen molar-refractivity contribution in [3.05, 3.63) is 55.9 Å². The van der Waals surface area contributed by atoms with E-state index in [0.29, 0.717) is 10.6 Å². The second-order valence-corrected chi connectivity index (χ2v) is 7.10. The molecule has 2 N–H and O–H groups in total. The lowest BCUT2D eigenvalue weighted by atomic mass is 9.96. The molecule has 142 valence electrons. The number of aryl methyl sites for hydroxylation is 1. The fourth-order valence-electron chi connectivity index (χ4n) is 2.91. The van der Waals surface area contributed by atoms with Crippen LogP contribution in [0.4, 0.5) is 10.7 Å². The van der Waals surface area contributed by atoms with Gasteiger partial charge in [-0.1, -0.05) is 12.1 Å². The van der Waals surface area contributed by atoms with E-state index in [9.17, 15) is 25.0 Å². The van der Waals surface area contributed by atoms with Crippen molar-refractivity contribution in [2.75, 3.05) is 5.32 Å². The zero-order chi connectivity index (χ0) is 20.1. The fraction of sp³-hybridized carbons (Fsp3) is 0.222. The molecule has 1 aliphatic rings. The average Bonchev–Trinajstić information content (AvgIpc) is 3.04. The predicted molar refractivity (Wildman–Crippen MR) is 103 cm³/mol. The quantitative estimate of drug-likeness (QED) is 0.353. The van der Waals surface area contributed by atoms with Crippen LogP contribution in [0.25, 0.3) is 0 Å². The molecule has 0 aliphatic heterocycles. The highest BCUT2D eigenvalue weighted by Gasteiger charge is 2.23. The number of thiophene rings is 1. The SMILES string of the molecule is N#Cc1c(NC(=O)C(=O)N/N=C\c2ccccc2[N+](=O)[O-])sc2c1CCCC2. The summed E-state index contributed by atoms with van der Waals surface area (Å²) >= 11 is 1.31. The van der Waals surface area contributed by atoms with Crippen molar-refractivity contribution in [1.82, 2.24) is 5.43 Å². The summed E-state index contributed by atoms with van der Waals surface area (Å²) in [6.07, 6.45) is 4.76. The smallest absolute Gasteiger partial charge is 0.308 e. The number of nitriles is 1. The normalized spacial score (nSPS) is 12.8. The Labute approximate surface area is 163 Å². The van der Waals surface area contributed by atoms with E-state index in [4.69, 9.17) is 0 Å². The summed E-state index contributed by atoms with van der Waals surface area (Å²) < 4.78 is 0. The van der Waals surface area contributed by atoms with Gasteiger partial charge in [0.15, 0.2) is 0 Å². The molecule has 0 fully saturated rings. The molecule has 9 nitrogen and oxygen atoms in total. The van der Waals surface area contributed by atoms with Crippen LogP contribution in [0.5, 0.6) is 0 Å². The van der Waals surface area contributed by atoms with Crippen molar-refractivity contribution < 1.29 is 14.5 Å². The van der Waals surface area contributed by atoms with Gasteiger partial charge in [-0.2, -0.15) is 10.4 Å². The van der Waals surface area contributed by atoms with E-state index in [0.717, 1.165) is 42.3 Å². The highest BCUT2D eigenvalue weighted by Crippen LogP contribution is 2.37. The van der Waals surface area contributed by atoms with E-state index < -0.39 is 16.7 Å². The summed E-state index contributed by atoms with van der Waals surface area (Å²) in [6.45, 7) is 0. The molecule has 28 heavy (non-hydrogen) atoms. The number of fused-ring (bicyclic) bond motifs is 1. The Morgan fingerprint density at radius 1 is 1.25 bits per heavy atom. The van der Waals surface area contributed by atoms with Crippen LogP contribution in [0, 0.1) is 21.4 Å². The largest absolute Gasteiger partial charge is 0.329 e. The lowest BCUT2D eigenvalue weighted by Gasteiger charge is -2.09. The lowest BCUT2D eigenvalue weighted by molar-refractivity contribution is -0.385. The predicted octanol–water partition coefficient (Wildman–Crippen LogP) is 2.50. The first-order valence-electron chi connectivity index (χ1n) is 8.43. The second-order valence-electron chi connectivity index (χ2n) is 6.00. The van der Waals surface area contributed by atoms with Crippen LogP contribution in [0.3, 0.4) is 0 Å². The van der Waals surface area contributed by atoms with Gasteiger partial charge in [-0.3, -0.25) is 19.7 Å². The molecular formula is C18H15N5O4S. The molecule has 0 atom stereocenters. The van der Waals surface area contributed by atoms with Gasteiger partial charge < -0.3 is 5.32 Å². The van der Waals surface area contributed by atoms with Crippen LogP contribution in [0.15, 0.2) is 29.4 Å². The molecule has 10 heteroatoms. The average molecular weight is 397 g/mol. The van der Waals surface area contributed by atoms with Crippen molar-refractivity contribution in [3.8, 4) is 6.07 Å². The number of nitrogens with zero attached hydrogens (tertiary/aromatic N) is 3. The molecule has 3 rings (SSSR count). The van der Waals surface area contributed by atoms with Crippen molar-refractivity contribution in [2.45, 2.75) is 25.7 Å². The van der Waals surface area contributed by atoms with Gasteiger partial charge in [0.05, 0.1) is 22.3 Å². The third kappa shape index (κ3) is 4.05. The van der Waals surface area contributed by atoms with Crippen LogP contribution < -0.4 is 10.7 Å². The van der Waals surface area contributed by atoms with Gasteiger partial charge >= 0.3 is 11.8 Å². The summed E-state index contributed by atoms with van der Waals surface area (Å²) in [5, 5.41) is 26.7. The summed E-state index contributed by atoms with van der Waals surface area (Å²) in [4.78, 5) is 35.5. The van der Waals surface area contributed by atoms with E-state index in [1.54, 1.807) is 6.07 Å². The minimum absolute atomic E-state index is 0.173. The standard InChI is InChI=1S/C18H15N5O4S/c19-9-13-12-6-2-4-8-15(12)28-18(13)21-16(24)17(25)22-20-10-11-5-1-3-7-14(11)23(26)27/h1,3,5,7,10H,2,4,6,8H2,(H,21,24)(H,22,25)/b20-10-. The van der Waals surface area contributed by atoms with Crippen molar-refractivity contribution >= 4 is 40.1 Å². The minimum atomic E-state index is -1.04. The molecule has 0 saturated carbocycles. The van der Waals surface area contributed by atoms with Gasteiger partial charge in [0.25, 0.3) is 5.69 Å². The lowest BCUT2D eigenvalue weighted by Crippen LogP contribution is -2.32. The zero-order valence-corrected chi connectivity index (χ0v) is 15.4. The molecule has 1 aliphatic carbocycles. The third-order valence-electron chi connectivity index (χ3n) is 4.22. The zero-order valence-electron chi connectivity index (χ0n) is 14.6. The molecule has 2 aromatic rings. The first-order chi connectivity index (χ1) is 13.5. The molecule has 1 heterocycles. The van der Waals surface area contributed by atoms with Gasteiger partial charge in [0.1, 0.15) is 11.1 Å². The fourth-order valence-corrected chi connectivity index (χ4v) is 4.14. The molecule has 1 aromatic heterocycles. The first-order valence-corrected chi connectivity index (χ1v) is 9.25. The first kappa shape index (κ1) is 19.2. The number of nitro benzene ring substituents is 1. The van der Waals surface area contributed by atoms with Gasteiger partial charge in [0, 0.05) is 10.9 Å². The van der Waals surface area contributed by atoms with E-state index in [1.807, 2.05) is 5.43 Å². The Bertz CT molecular complexity index is 1020. The number of amides is 2. The number of benzene rings is 1. The number of para-hydroxylation sites is 1. The van der Waals surface area contributed by atoms with Crippen molar-refractivity contribution in [1.29, 1.82) is 5.26 Å². The molecule has 0 bridgehead atoms. The van der Waals surface area contributed by atoms with Gasteiger partial charge in [0.2, 0.25) is 0 Å². The maximum absolute atomic E-state index is 12.1. The van der Waals surface area contributed by atoms with Crippen LogP contribution in [-0.2, 0) is 22.4 Å². The number of nitrogens with one attached hydrogen (secondary N) is 2. The van der Waals surface area contributed by atoms with E-state index in [1.165, 1.54) is 29.5 Å². The van der Waals surface area contributed by atoms with E-state index in [-0.39, 0.29) is 11.3 Å². The summed E-state index contributed by atoms with van der Waals surface area (Å²) in [7, 11) is 0. The van der Waals surface area contributed by atoms with Gasteiger partial charge in [-0.15, -0.1) is 11.3 Å². The highest BCUT2D eigenvalue weighted by molar-refractivity contribution is 7.16. The Kier molecular flexibility index (Phi) is 5.76. The Balaban J connectivity index is 1.66. The van der Waals surface area contributed by atoms with Crippen molar-refractivity contribution in [2.24, 2.45) is 5.10 Å². The topological polar surface area (TPSA) is 137 Å². The molecule has 0 unspecified atom stereocenters. The number of nitro groups is 1. The number of rotatable bonds is 4. The summed E-state index contributed by atoms with van der Waals surface area (Å²) in [6, 6.07) is 7.96. The third-order valence-corrected chi connectivity index (χ3v) is 5.43. The Morgan fingerprint density at radius 2 is 2.00 bits per heavy atom. The van der Waals surface area contributed by atoms with Crippen LogP contribution in [0.2, 0.25) is 0 Å². The Hall–Kier alpha value is -3.58. The van der Waals surface area contributed by atoms with Gasteiger partial charge in [-0.25, -0.2) is 5.43 Å². The van der Waals surface area contributed by atoms with Crippen LogP contribution in [-0.4, -0.2) is 23.0 Å². The van der Waals surface area contributed by atoms with Crippen molar-refractivity contribution in [3.63, 3.8) is 0 Å². The molecule has 0 spiro atoms. The monoisotopic (exact) mass is 397 g/mol. The molecular weight excluding hydrogens is 382 g/mol. The number of carbonyl (C=O) groups is 2. The number of carbonyl (C=O) groups excluding carboxylic acids is 2. The number of hydrazone groups is 1. The summed E-state index contributed by atoms with van der Waals surface area (Å²) in [5.74, 6) is -2.00. The molecule has 0 saturated heterocycles. The number of hydrogen-bond acceptors (Lipinski definition) is 7. The van der Waals surface area contributed by atoms with Crippen LogP contribution in [0.1, 0.15) is 34.4 Å².